The van der Waals surface area contributed by atoms with Crippen molar-refractivity contribution in [2.24, 2.45) is 0 Å². The molecule has 0 aliphatic rings. The van der Waals surface area contributed by atoms with Gasteiger partial charge in [0.05, 0.1) is 19.3 Å². The van der Waals surface area contributed by atoms with Crippen LogP contribution < -0.4 is 5.32 Å². The maximum Gasteiger partial charge on any atom is 0.305 e. The van der Waals surface area contributed by atoms with Crippen molar-refractivity contribution < 1.29 is 19.4 Å². The number of hydrogen-bond acceptors (Lipinski definition) is 4. The minimum atomic E-state index is -0.481. The second-order valence-electron chi connectivity index (χ2n) is 5.64. The largest absolute Gasteiger partial charge is 0.466 e. The molecule has 0 unspecified atom stereocenters. The molecule has 0 saturated heterocycles. The van der Waals surface area contributed by atoms with Crippen molar-refractivity contribution in [1.82, 2.24) is 5.32 Å². The van der Waals surface area contributed by atoms with Gasteiger partial charge in [-0.1, -0.05) is 42.5 Å². The fraction of sp³-hybridized carbons (Fsp3) is 0.300. The summed E-state index contributed by atoms with van der Waals surface area (Å²) >= 11 is 0. The van der Waals surface area contributed by atoms with E-state index < -0.39 is 6.04 Å². The molecule has 2 aromatic carbocycles. The summed E-state index contributed by atoms with van der Waals surface area (Å²) in [6, 6.07) is 16.7. The summed E-state index contributed by atoms with van der Waals surface area (Å²) in [7, 11) is 0. The van der Waals surface area contributed by atoms with Crippen molar-refractivity contribution in [3.8, 4) is 11.1 Å². The predicted octanol–water partition coefficient (Wildman–Crippen LogP) is 2.79. The van der Waals surface area contributed by atoms with Gasteiger partial charge in [-0.2, -0.15) is 0 Å². The molecule has 1 amide bonds. The first kappa shape index (κ1) is 18.7. The second-order valence-corrected chi connectivity index (χ2v) is 5.64. The first-order valence-electron chi connectivity index (χ1n) is 8.37. The molecule has 2 rings (SSSR count). The molecule has 0 radical (unpaired) electrons. The zero-order chi connectivity index (χ0) is 18.1. The van der Waals surface area contributed by atoms with E-state index in [1.807, 2.05) is 42.5 Å². The maximum absolute atomic E-state index is 12.3. The number of amides is 1. The number of ether oxygens (including phenoxy) is 1. The molecule has 5 heteroatoms. The Labute approximate surface area is 147 Å². The lowest BCUT2D eigenvalue weighted by Crippen LogP contribution is -2.37. The highest BCUT2D eigenvalue weighted by Gasteiger charge is 2.15. The van der Waals surface area contributed by atoms with Crippen molar-refractivity contribution >= 4 is 11.9 Å². The van der Waals surface area contributed by atoms with Gasteiger partial charge in [-0.25, -0.2) is 0 Å². The highest BCUT2D eigenvalue weighted by Crippen LogP contribution is 2.19. The van der Waals surface area contributed by atoms with E-state index in [0.717, 1.165) is 11.1 Å². The van der Waals surface area contributed by atoms with Crippen LogP contribution in [0.15, 0.2) is 54.6 Å². The quantitative estimate of drug-likeness (QED) is 0.724. The first-order valence-corrected chi connectivity index (χ1v) is 8.37. The monoisotopic (exact) mass is 341 g/mol. The Morgan fingerprint density at radius 3 is 2.28 bits per heavy atom. The number of benzene rings is 2. The van der Waals surface area contributed by atoms with Gasteiger partial charge in [-0.15, -0.1) is 0 Å². The van der Waals surface area contributed by atoms with Gasteiger partial charge < -0.3 is 15.2 Å². The van der Waals surface area contributed by atoms with Gasteiger partial charge in [0.1, 0.15) is 0 Å². The number of carbonyl (C=O) groups is 2. The third-order valence-corrected chi connectivity index (χ3v) is 3.81. The van der Waals surface area contributed by atoms with Gasteiger partial charge in [-0.05, 0) is 36.6 Å². The lowest BCUT2D eigenvalue weighted by atomic mass is 10.0. The lowest BCUT2D eigenvalue weighted by Gasteiger charge is -2.16. The lowest BCUT2D eigenvalue weighted by molar-refractivity contribution is -0.143. The van der Waals surface area contributed by atoms with Gasteiger partial charge in [0.25, 0.3) is 5.91 Å². The Bertz CT molecular complexity index is 683. The average molecular weight is 341 g/mol. The molecule has 132 valence electrons. The van der Waals surface area contributed by atoms with Crippen LogP contribution in [-0.2, 0) is 9.53 Å². The summed E-state index contributed by atoms with van der Waals surface area (Å²) in [6.07, 6.45) is 0.495. The fourth-order valence-corrected chi connectivity index (χ4v) is 2.45. The van der Waals surface area contributed by atoms with Crippen molar-refractivity contribution in [2.75, 3.05) is 13.2 Å². The Balaban J connectivity index is 1.94. The highest BCUT2D eigenvalue weighted by molar-refractivity contribution is 5.94. The van der Waals surface area contributed by atoms with E-state index in [9.17, 15) is 14.7 Å². The summed E-state index contributed by atoms with van der Waals surface area (Å²) in [5.41, 5.74) is 2.62. The summed E-state index contributed by atoms with van der Waals surface area (Å²) in [5, 5.41) is 12.1. The molecule has 0 spiro atoms. The van der Waals surface area contributed by atoms with Crippen LogP contribution in [0.3, 0.4) is 0 Å². The molecule has 1 atom stereocenters. The van der Waals surface area contributed by atoms with Gasteiger partial charge >= 0.3 is 5.97 Å². The van der Waals surface area contributed by atoms with E-state index in [1.165, 1.54) is 0 Å². The van der Waals surface area contributed by atoms with E-state index >= 15 is 0 Å². The third kappa shape index (κ3) is 5.72. The SMILES string of the molecule is CCOC(=O)CC[C@H](CO)NC(=O)c1ccc(-c2ccccc2)cc1. The molecule has 0 aliphatic carbocycles. The van der Waals surface area contributed by atoms with Crippen LogP contribution in [0, 0.1) is 0 Å². The Morgan fingerprint density at radius 1 is 1.04 bits per heavy atom. The van der Waals surface area contributed by atoms with E-state index in [1.54, 1.807) is 19.1 Å². The topological polar surface area (TPSA) is 75.6 Å². The predicted molar refractivity (Wildman–Crippen MR) is 96.1 cm³/mol. The Morgan fingerprint density at radius 2 is 1.68 bits per heavy atom. The van der Waals surface area contributed by atoms with E-state index in [-0.39, 0.29) is 24.9 Å². The average Bonchev–Trinajstić information content (AvgIpc) is 2.66. The Hall–Kier alpha value is -2.66. The van der Waals surface area contributed by atoms with E-state index in [4.69, 9.17) is 4.74 Å². The smallest absolute Gasteiger partial charge is 0.305 e. The van der Waals surface area contributed by atoms with Crippen LogP contribution >= 0.6 is 0 Å². The van der Waals surface area contributed by atoms with Crippen LogP contribution in [0.5, 0.6) is 0 Å². The number of aliphatic hydroxyl groups is 1. The Kier molecular flexibility index (Phi) is 7.16. The molecule has 2 aromatic rings. The van der Waals surface area contributed by atoms with Gasteiger partial charge in [0, 0.05) is 12.0 Å². The third-order valence-electron chi connectivity index (χ3n) is 3.81. The number of esters is 1. The van der Waals surface area contributed by atoms with Gasteiger partial charge in [0.15, 0.2) is 0 Å². The molecule has 0 saturated carbocycles. The number of carbonyl (C=O) groups excluding carboxylic acids is 2. The molecule has 0 heterocycles. The standard InChI is InChI=1S/C20H23NO4/c1-2-25-19(23)13-12-18(14-22)21-20(24)17-10-8-16(9-11-17)15-6-4-3-5-7-15/h3-11,18,22H,2,12-14H2,1H3,(H,21,24)/t18-/m1/s1. The molecule has 0 aromatic heterocycles. The number of nitrogens with one attached hydrogen (secondary N) is 1. The zero-order valence-corrected chi connectivity index (χ0v) is 14.3. The number of rotatable bonds is 8. The summed E-state index contributed by atoms with van der Waals surface area (Å²) in [5.74, 6) is -0.607. The minimum Gasteiger partial charge on any atom is -0.466 e. The maximum atomic E-state index is 12.3. The molecule has 0 bridgehead atoms. The second kappa shape index (κ2) is 9.59. The number of hydrogen-bond donors (Lipinski definition) is 2. The van der Waals surface area contributed by atoms with Crippen molar-refractivity contribution in [3.05, 3.63) is 60.2 Å². The first-order chi connectivity index (χ1) is 12.1. The van der Waals surface area contributed by atoms with Crippen LogP contribution in [-0.4, -0.2) is 36.2 Å². The van der Waals surface area contributed by atoms with Crippen molar-refractivity contribution in [3.63, 3.8) is 0 Å². The molecule has 5 nitrogen and oxygen atoms in total. The molecule has 0 aliphatic heterocycles. The molecule has 0 fully saturated rings. The highest BCUT2D eigenvalue weighted by atomic mass is 16.5. The van der Waals surface area contributed by atoms with Crippen LogP contribution in [0.4, 0.5) is 0 Å². The molecular weight excluding hydrogens is 318 g/mol. The van der Waals surface area contributed by atoms with Gasteiger partial charge in [0.2, 0.25) is 0 Å². The van der Waals surface area contributed by atoms with Crippen LogP contribution in [0.25, 0.3) is 11.1 Å². The normalized spacial score (nSPS) is 11.6. The van der Waals surface area contributed by atoms with E-state index in [0.29, 0.717) is 18.6 Å². The molecular formula is C20H23NO4. The zero-order valence-electron chi connectivity index (χ0n) is 14.3. The number of aliphatic hydroxyl groups excluding tert-OH is 1. The fourth-order valence-electron chi connectivity index (χ4n) is 2.45. The van der Waals surface area contributed by atoms with Gasteiger partial charge in [-0.3, -0.25) is 9.59 Å². The molecule has 2 N–H and O–H groups in total. The van der Waals surface area contributed by atoms with E-state index in [2.05, 4.69) is 5.32 Å². The van der Waals surface area contributed by atoms with Crippen molar-refractivity contribution in [2.45, 2.75) is 25.8 Å². The summed E-state index contributed by atoms with van der Waals surface area (Å²) in [4.78, 5) is 23.7. The van der Waals surface area contributed by atoms with Crippen molar-refractivity contribution in [1.29, 1.82) is 0 Å². The summed E-state index contributed by atoms with van der Waals surface area (Å²) in [6.45, 7) is 1.83. The summed E-state index contributed by atoms with van der Waals surface area (Å²) < 4.78 is 4.85. The molecule has 25 heavy (non-hydrogen) atoms. The van der Waals surface area contributed by atoms with Crippen LogP contribution in [0.1, 0.15) is 30.1 Å². The minimum absolute atomic E-state index is 0.159. The van der Waals surface area contributed by atoms with Crippen LogP contribution in [0.2, 0.25) is 0 Å².